The van der Waals surface area contributed by atoms with E-state index in [1.165, 1.54) is 18.4 Å². The van der Waals surface area contributed by atoms with Crippen LogP contribution in [0.3, 0.4) is 0 Å². The Labute approximate surface area is 116 Å². The van der Waals surface area contributed by atoms with Gasteiger partial charge in [0.2, 0.25) is 0 Å². The summed E-state index contributed by atoms with van der Waals surface area (Å²) in [6.07, 6.45) is 1.63. The van der Waals surface area contributed by atoms with Gasteiger partial charge in [0, 0.05) is 5.56 Å². The molecule has 18 heavy (non-hydrogen) atoms. The number of nitrogens with two attached hydrogens (primary N) is 1. The number of carbonyl (C=O) groups excluding carboxylic acids is 1. The normalized spacial score (nSPS) is 10.1. The van der Waals surface area contributed by atoms with Crippen LogP contribution < -0.4 is 15.8 Å². The zero-order chi connectivity index (χ0) is 13.1. The maximum atomic E-state index is 11.9. The quantitative estimate of drug-likeness (QED) is 0.850. The fraction of sp³-hybridized carbons (Fsp3) is 0.0909. The molecule has 0 fully saturated rings. The van der Waals surface area contributed by atoms with Crippen molar-refractivity contribution in [3.05, 3.63) is 33.7 Å². The zero-order valence-corrected chi connectivity index (χ0v) is 11.8. The van der Waals surface area contributed by atoms with Crippen LogP contribution in [0.5, 0.6) is 5.75 Å². The molecule has 1 heterocycles. The molecule has 7 heteroatoms. The Morgan fingerprint density at radius 2 is 2.33 bits per heavy atom. The first kappa shape index (κ1) is 12.8. The van der Waals surface area contributed by atoms with E-state index in [-0.39, 0.29) is 5.91 Å². The number of amides is 1. The number of carbonyl (C=O) groups is 1. The van der Waals surface area contributed by atoms with Crippen LogP contribution in [0.15, 0.2) is 28.2 Å². The molecule has 0 spiro atoms. The van der Waals surface area contributed by atoms with Gasteiger partial charge in [-0.2, -0.15) is 0 Å². The van der Waals surface area contributed by atoms with Crippen molar-refractivity contribution >= 4 is 44.0 Å². The van der Waals surface area contributed by atoms with Gasteiger partial charge in [0.25, 0.3) is 5.91 Å². The van der Waals surface area contributed by atoms with Crippen molar-refractivity contribution in [2.75, 3.05) is 18.2 Å². The van der Waals surface area contributed by atoms with E-state index < -0.39 is 0 Å². The van der Waals surface area contributed by atoms with E-state index in [0.717, 1.165) is 3.79 Å². The van der Waals surface area contributed by atoms with E-state index in [4.69, 9.17) is 10.5 Å². The van der Waals surface area contributed by atoms with Crippen molar-refractivity contribution in [3.63, 3.8) is 0 Å². The van der Waals surface area contributed by atoms with Gasteiger partial charge < -0.3 is 10.5 Å². The number of methoxy groups -OCH3 is 1. The van der Waals surface area contributed by atoms with Crippen LogP contribution in [0.4, 0.5) is 10.8 Å². The molecule has 0 unspecified atom stereocenters. The number of anilines is 2. The maximum Gasteiger partial charge on any atom is 0.257 e. The standard InChI is InChI=1S/C11H10BrN3O2S/c1-17-8-3-2-6(4-7(8)13)10(16)15-11-14-5-9(12)18-11/h2-5H,13H2,1H3,(H,14,15,16). The molecule has 0 aliphatic heterocycles. The Morgan fingerprint density at radius 1 is 1.56 bits per heavy atom. The minimum absolute atomic E-state index is 0.258. The number of ether oxygens (including phenoxy) is 1. The Hall–Kier alpha value is -1.60. The highest BCUT2D eigenvalue weighted by Gasteiger charge is 2.10. The third-order valence-electron chi connectivity index (χ3n) is 2.19. The van der Waals surface area contributed by atoms with Gasteiger partial charge in [0.15, 0.2) is 5.13 Å². The topological polar surface area (TPSA) is 77.2 Å². The molecule has 3 N–H and O–H groups in total. The maximum absolute atomic E-state index is 11.9. The van der Waals surface area contributed by atoms with Crippen LogP contribution in [0.2, 0.25) is 0 Å². The smallest absolute Gasteiger partial charge is 0.257 e. The number of halogens is 1. The lowest BCUT2D eigenvalue weighted by molar-refractivity contribution is 0.102. The Balaban J connectivity index is 2.16. The second-order valence-electron chi connectivity index (χ2n) is 3.38. The number of aromatic nitrogens is 1. The van der Waals surface area contributed by atoms with Crippen LogP contribution in [-0.2, 0) is 0 Å². The van der Waals surface area contributed by atoms with Crippen molar-refractivity contribution in [2.45, 2.75) is 0 Å². The van der Waals surface area contributed by atoms with E-state index in [9.17, 15) is 4.79 Å². The van der Waals surface area contributed by atoms with Crippen molar-refractivity contribution in [1.82, 2.24) is 4.98 Å². The summed E-state index contributed by atoms with van der Waals surface area (Å²) in [6.45, 7) is 0. The van der Waals surface area contributed by atoms with Crippen molar-refractivity contribution in [1.29, 1.82) is 0 Å². The molecular weight excluding hydrogens is 318 g/mol. The molecule has 0 saturated heterocycles. The molecule has 2 aromatic rings. The molecule has 1 aromatic heterocycles. The van der Waals surface area contributed by atoms with Gasteiger partial charge in [-0.05, 0) is 34.1 Å². The summed E-state index contributed by atoms with van der Waals surface area (Å²) in [4.78, 5) is 15.9. The van der Waals surface area contributed by atoms with Gasteiger partial charge in [-0.1, -0.05) is 11.3 Å². The average molecular weight is 328 g/mol. The lowest BCUT2D eigenvalue weighted by Crippen LogP contribution is -2.12. The number of nitrogens with one attached hydrogen (secondary N) is 1. The summed E-state index contributed by atoms with van der Waals surface area (Å²) in [5.41, 5.74) is 6.62. The summed E-state index contributed by atoms with van der Waals surface area (Å²) in [5, 5.41) is 3.21. The highest BCUT2D eigenvalue weighted by molar-refractivity contribution is 9.11. The van der Waals surface area contributed by atoms with Crippen LogP contribution >= 0.6 is 27.3 Å². The second-order valence-corrected chi connectivity index (χ2v) is 5.79. The third kappa shape index (κ3) is 2.80. The number of thiazole rings is 1. The predicted molar refractivity (Wildman–Crippen MR) is 75.2 cm³/mol. The predicted octanol–water partition coefficient (Wildman–Crippen LogP) is 2.75. The zero-order valence-electron chi connectivity index (χ0n) is 9.44. The molecule has 1 aromatic carbocycles. The summed E-state index contributed by atoms with van der Waals surface area (Å²) < 4.78 is 5.88. The molecule has 1 amide bonds. The number of benzene rings is 1. The van der Waals surface area contributed by atoms with Gasteiger partial charge in [0.05, 0.1) is 22.8 Å². The fourth-order valence-electron chi connectivity index (χ4n) is 1.36. The summed E-state index contributed by atoms with van der Waals surface area (Å²) in [7, 11) is 1.53. The van der Waals surface area contributed by atoms with E-state index in [2.05, 4.69) is 26.2 Å². The highest BCUT2D eigenvalue weighted by Crippen LogP contribution is 2.25. The fourth-order valence-corrected chi connectivity index (χ4v) is 2.46. The molecule has 0 bridgehead atoms. The van der Waals surface area contributed by atoms with Crippen LogP contribution in [0, 0.1) is 0 Å². The molecule has 0 atom stereocenters. The van der Waals surface area contributed by atoms with E-state index in [1.807, 2.05) is 0 Å². The van der Waals surface area contributed by atoms with Gasteiger partial charge in [-0.3, -0.25) is 10.1 Å². The molecule has 0 saturated carbocycles. The van der Waals surface area contributed by atoms with Crippen molar-refractivity contribution < 1.29 is 9.53 Å². The first-order valence-corrected chi connectivity index (χ1v) is 6.57. The van der Waals surface area contributed by atoms with Crippen molar-refractivity contribution in [3.8, 4) is 5.75 Å². The van der Waals surface area contributed by atoms with Gasteiger partial charge >= 0.3 is 0 Å². The molecule has 5 nitrogen and oxygen atoms in total. The Kier molecular flexibility index (Phi) is 3.83. The number of rotatable bonds is 3. The molecule has 0 aliphatic rings. The monoisotopic (exact) mass is 327 g/mol. The second kappa shape index (κ2) is 5.36. The van der Waals surface area contributed by atoms with Crippen LogP contribution in [-0.4, -0.2) is 18.0 Å². The molecule has 0 radical (unpaired) electrons. The van der Waals surface area contributed by atoms with E-state index in [0.29, 0.717) is 22.1 Å². The molecule has 2 rings (SSSR count). The molecular formula is C11H10BrN3O2S. The first-order valence-electron chi connectivity index (χ1n) is 4.96. The lowest BCUT2D eigenvalue weighted by Gasteiger charge is -2.06. The number of nitrogen functional groups attached to an aromatic ring is 1. The summed E-state index contributed by atoms with van der Waals surface area (Å²) in [6, 6.07) is 4.87. The minimum atomic E-state index is -0.258. The van der Waals surface area contributed by atoms with Gasteiger partial charge in [-0.25, -0.2) is 4.98 Å². The molecule has 0 aliphatic carbocycles. The minimum Gasteiger partial charge on any atom is -0.495 e. The average Bonchev–Trinajstić information content (AvgIpc) is 2.74. The first-order chi connectivity index (χ1) is 8.60. The molecule has 94 valence electrons. The van der Waals surface area contributed by atoms with Crippen molar-refractivity contribution in [2.24, 2.45) is 0 Å². The third-order valence-corrected chi connectivity index (χ3v) is 3.58. The Bertz CT molecular complexity index is 585. The largest absolute Gasteiger partial charge is 0.495 e. The number of hydrogen-bond acceptors (Lipinski definition) is 5. The number of hydrogen-bond donors (Lipinski definition) is 2. The lowest BCUT2D eigenvalue weighted by atomic mass is 10.2. The van der Waals surface area contributed by atoms with Crippen LogP contribution in [0.1, 0.15) is 10.4 Å². The Morgan fingerprint density at radius 3 is 2.89 bits per heavy atom. The summed E-state index contributed by atoms with van der Waals surface area (Å²) >= 11 is 4.62. The highest BCUT2D eigenvalue weighted by atomic mass is 79.9. The van der Waals surface area contributed by atoms with Gasteiger partial charge in [-0.15, -0.1) is 0 Å². The van der Waals surface area contributed by atoms with E-state index in [1.54, 1.807) is 24.4 Å². The van der Waals surface area contributed by atoms with Crippen LogP contribution in [0.25, 0.3) is 0 Å². The number of nitrogens with zero attached hydrogens (tertiary/aromatic N) is 1. The van der Waals surface area contributed by atoms with Gasteiger partial charge in [0.1, 0.15) is 5.75 Å². The SMILES string of the molecule is COc1ccc(C(=O)Nc2ncc(Br)s2)cc1N. The van der Waals surface area contributed by atoms with E-state index >= 15 is 0 Å². The summed E-state index contributed by atoms with van der Waals surface area (Å²) in [5.74, 6) is 0.287.